The third-order valence-electron chi connectivity index (χ3n) is 6.25. The predicted molar refractivity (Wildman–Crippen MR) is 115 cm³/mol. The molecule has 2 N–H and O–H groups in total. The van der Waals surface area contributed by atoms with E-state index in [4.69, 9.17) is 0 Å². The molecule has 0 radical (unpaired) electrons. The van der Waals surface area contributed by atoms with Crippen molar-refractivity contribution < 1.29 is 13.2 Å². The SMILES string of the molecule is CC[C@H](CC(c1ccc(S(=O)(=O)C2CC2)cc1)c1ccc(C2CC2)c(=O)[nH]1)NC=O. The fraction of sp³-hybridized carbons (Fsp3) is 0.478. The number of sulfone groups is 1. The number of benzene rings is 1. The average Bonchev–Trinajstić information content (AvgIpc) is 3.64. The van der Waals surface area contributed by atoms with E-state index in [9.17, 15) is 18.0 Å². The second-order valence-electron chi connectivity index (χ2n) is 8.46. The van der Waals surface area contributed by atoms with Crippen LogP contribution in [0.3, 0.4) is 0 Å². The van der Waals surface area contributed by atoms with E-state index in [0.29, 0.717) is 23.6 Å². The van der Waals surface area contributed by atoms with E-state index in [2.05, 4.69) is 10.3 Å². The minimum atomic E-state index is -3.24. The second kappa shape index (κ2) is 8.38. The van der Waals surface area contributed by atoms with Crippen LogP contribution in [0.15, 0.2) is 46.1 Å². The van der Waals surface area contributed by atoms with Gasteiger partial charge in [-0.05, 0) is 68.2 Å². The fourth-order valence-corrected chi connectivity index (χ4v) is 5.71. The summed E-state index contributed by atoms with van der Waals surface area (Å²) < 4.78 is 25.0. The van der Waals surface area contributed by atoms with E-state index in [1.54, 1.807) is 12.1 Å². The first-order valence-corrected chi connectivity index (χ1v) is 12.2. The molecule has 0 aliphatic heterocycles. The van der Waals surface area contributed by atoms with Crippen molar-refractivity contribution in [2.75, 3.05) is 0 Å². The highest BCUT2D eigenvalue weighted by atomic mass is 32.2. The molecule has 6 nitrogen and oxygen atoms in total. The van der Waals surface area contributed by atoms with Crippen molar-refractivity contribution in [3.05, 3.63) is 63.6 Å². The van der Waals surface area contributed by atoms with E-state index in [-0.39, 0.29) is 22.8 Å². The zero-order chi connectivity index (χ0) is 21.3. The number of amides is 1. The average molecular weight is 429 g/mol. The zero-order valence-corrected chi connectivity index (χ0v) is 18.0. The minimum absolute atomic E-state index is 0.0472. The largest absolute Gasteiger partial charge is 0.356 e. The third kappa shape index (κ3) is 4.36. The molecular formula is C23H28N2O4S. The van der Waals surface area contributed by atoms with Crippen LogP contribution in [0, 0.1) is 0 Å². The molecule has 0 spiro atoms. The Hall–Kier alpha value is -2.41. The van der Waals surface area contributed by atoms with Gasteiger partial charge in [-0.15, -0.1) is 0 Å². The number of nitrogens with one attached hydrogen (secondary N) is 2. The van der Waals surface area contributed by atoms with Gasteiger partial charge >= 0.3 is 0 Å². The number of hydrogen-bond acceptors (Lipinski definition) is 4. The summed E-state index contributed by atoms with van der Waals surface area (Å²) in [5.41, 5.74) is 2.49. The summed E-state index contributed by atoms with van der Waals surface area (Å²) in [7, 11) is -3.24. The molecule has 1 aromatic heterocycles. The summed E-state index contributed by atoms with van der Waals surface area (Å²) in [6, 6.07) is 10.8. The van der Waals surface area contributed by atoms with Gasteiger partial charge in [0.25, 0.3) is 5.56 Å². The van der Waals surface area contributed by atoms with Crippen LogP contribution >= 0.6 is 0 Å². The van der Waals surface area contributed by atoms with Crippen LogP contribution in [0.5, 0.6) is 0 Å². The normalized spacial score (nSPS) is 18.6. The Balaban J connectivity index is 1.67. The molecule has 2 atom stereocenters. The fourth-order valence-electron chi connectivity index (χ4n) is 4.06. The van der Waals surface area contributed by atoms with Gasteiger partial charge in [-0.25, -0.2) is 8.42 Å². The second-order valence-corrected chi connectivity index (χ2v) is 10.7. The Morgan fingerprint density at radius 2 is 1.80 bits per heavy atom. The van der Waals surface area contributed by atoms with Crippen LogP contribution in [-0.2, 0) is 14.6 Å². The van der Waals surface area contributed by atoms with Gasteiger partial charge in [0.15, 0.2) is 9.84 Å². The highest BCUT2D eigenvalue weighted by molar-refractivity contribution is 7.92. The van der Waals surface area contributed by atoms with Crippen molar-refractivity contribution in [1.82, 2.24) is 10.3 Å². The maximum absolute atomic E-state index is 12.6. The number of pyridine rings is 1. The van der Waals surface area contributed by atoms with Crippen molar-refractivity contribution in [3.8, 4) is 0 Å². The smallest absolute Gasteiger partial charge is 0.251 e. The molecule has 2 aliphatic rings. The molecule has 0 saturated heterocycles. The van der Waals surface area contributed by atoms with Gasteiger partial charge in [-0.2, -0.15) is 0 Å². The lowest BCUT2D eigenvalue weighted by molar-refractivity contribution is -0.110. The maximum atomic E-state index is 12.6. The van der Waals surface area contributed by atoms with Crippen LogP contribution in [-0.4, -0.2) is 31.1 Å². The number of carbonyl (C=O) groups is 1. The van der Waals surface area contributed by atoms with Crippen LogP contribution in [0.1, 0.15) is 74.1 Å². The molecule has 1 amide bonds. The lowest BCUT2D eigenvalue weighted by Gasteiger charge is -2.23. The van der Waals surface area contributed by atoms with Gasteiger partial charge in [0.1, 0.15) is 0 Å². The monoisotopic (exact) mass is 428 g/mol. The summed E-state index contributed by atoms with van der Waals surface area (Å²) in [5.74, 6) is 0.217. The minimum Gasteiger partial charge on any atom is -0.356 e. The summed E-state index contributed by atoms with van der Waals surface area (Å²) in [6.07, 6.45) is 5.66. The lowest BCUT2D eigenvalue weighted by atomic mass is 9.88. The van der Waals surface area contributed by atoms with E-state index >= 15 is 0 Å². The van der Waals surface area contributed by atoms with Crippen LogP contribution < -0.4 is 10.9 Å². The third-order valence-corrected chi connectivity index (χ3v) is 8.52. The lowest BCUT2D eigenvalue weighted by Crippen LogP contribution is -2.30. The molecule has 1 unspecified atom stereocenters. The number of hydrogen-bond donors (Lipinski definition) is 2. The Morgan fingerprint density at radius 3 is 2.33 bits per heavy atom. The van der Waals surface area contributed by atoms with E-state index in [1.807, 2.05) is 31.2 Å². The molecule has 2 saturated carbocycles. The van der Waals surface area contributed by atoms with Crippen molar-refractivity contribution >= 4 is 16.2 Å². The molecular weight excluding hydrogens is 400 g/mol. The van der Waals surface area contributed by atoms with Gasteiger partial charge in [0.2, 0.25) is 6.41 Å². The molecule has 1 heterocycles. The van der Waals surface area contributed by atoms with Gasteiger partial charge in [-0.3, -0.25) is 9.59 Å². The topological polar surface area (TPSA) is 96.1 Å². The summed E-state index contributed by atoms with van der Waals surface area (Å²) in [5, 5.41) is 2.60. The molecule has 160 valence electrons. The van der Waals surface area contributed by atoms with Crippen molar-refractivity contribution in [2.45, 2.75) is 73.5 Å². The number of aromatic nitrogens is 1. The molecule has 2 aromatic rings. The van der Waals surface area contributed by atoms with Gasteiger partial charge in [0, 0.05) is 23.2 Å². The zero-order valence-electron chi connectivity index (χ0n) is 17.1. The Morgan fingerprint density at radius 1 is 1.10 bits per heavy atom. The molecule has 1 aromatic carbocycles. The quantitative estimate of drug-likeness (QED) is 0.568. The van der Waals surface area contributed by atoms with Crippen LogP contribution in [0.4, 0.5) is 0 Å². The predicted octanol–water partition coefficient (Wildman–Crippen LogP) is 3.24. The molecule has 30 heavy (non-hydrogen) atoms. The highest BCUT2D eigenvalue weighted by Crippen LogP contribution is 2.39. The van der Waals surface area contributed by atoms with Crippen molar-refractivity contribution in [1.29, 1.82) is 0 Å². The summed E-state index contributed by atoms with van der Waals surface area (Å²) >= 11 is 0. The molecule has 2 fully saturated rings. The summed E-state index contributed by atoms with van der Waals surface area (Å²) in [6.45, 7) is 2.00. The van der Waals surface area contributed by atoms with E-state index < -0.39 is 9.84 Å². The van der Waals surface area contributed by atoms with Crippen molar-refractivity contribution in [3.63, 3.8) is 0 Å². The standard InChI is InChI=1S/C23H28N2O4S/c1-2-17(24-14-26)13-21(22-12-11-20(15-3-4-15)23(27)25-22)16-5-7-18(8-6-16)30(28,29)19-9-10-19/h5-8,11-12,14-15,17,19,21H,2-4,9-10,13H2,1H3,(H,24,26)(H,25,27)/t17-,21?/m1/s1. The highest BCUT2D eigenvalue weighted by Gasteiger charge is 2.37. The molecule has 0 bridgehead atoms. The number of carbonyl (C=O) groups excluding carboxylic acids is 1. The summed E-state index contributed by atoms with van der Waals surface area (Å²) in [4.78, 5) is 27.0. The Labute approximate surface area is 177 Å². The number of rotatable bonds is 10. The first kappa shape index (κ1) is 20.8. The number of H-pyrrole nitrogens is 1. The van der Waals surface area contributed by atoms with E-state index in [0.717, 1.165) is 48.9 Å². The van der Waals surface area contributed by atoms with E-state index in [1.165, 1.54) is 0 Å². The first-order valence-electron chi connectivity index (χ1n) is 10.7. The Kier molecular flexibility index (Phi) is 5.82. The Bertz CT molecular complexity index is 1070. The van der Waals surface area contributed by atoms with Crippen molar-refractivity contribution in [2.24, 2.45) is 0 Å². The van der Waals surface area contributed by atoms with Gasteiger partial charge in [0.05, 0.1) is 10.1 Å². The van der Waals surface area contributed by atoms with Gasteiger partial charge < -0.3 is 10.3 Å². The molecule has 7 heteroatoms. The molecule has 2 aliphatic carbocycles. The van der Waals surface area contributed by atoms with Crippen LogP contribution in [0.25, 0.3) is 0 Å². The first-order chi connectivity index (χ1) is 14.4. The maximum Gasteiger partial charge on any atom is 0.251 e. The number of aromatic amines is 1. The molecule has 4 rings (SSSR count). The van der Waals surface area contributed by atoms with Crippen LogP contribution in [0.2, 0.25) is 0 Å². The van der Waals surface area contributed by atoms with Gasteiger partial charge in [-0.1, -0.05) is 25.1 Å².